The van der Waals surface area contributed by atoms with Crippen molar-refractivity contribution >= 4 is 35.3 Å². The lowest BCUT2D eigenvalue weighted by Crippen LogP contribution is -2.57. The number of amides is 5. The summed E-state index contributed by atoms with van der Waals surface area (Å²) < 4.78 is 0. The second-order valence-electron chi connectivity index (χ2n) is 10.8. The fraction of sp³-hybridized carbons (Fsp3) is 0.533. The minimum absolute atomic E-state index is 0.0420. The SMILES string of the molecule is C=CC(=O)NCCCC1CC(=O)[C@](C)(NC(=O)C(C)C)CCNC(=O)[C@@H](c2ccccc2)NC(=O)[C@H](CC)NC1=O. The number of rotatable bonds is 9. The first-order valence-corrected chi connectivity index (χ1v) is 14.1. The molecule has 1 aromatic rings. The molecular formula is C30H43N5O6. The van der Waals surface area contributed by atoms with E-state index < -0.39 is 47.2 Å². The van der Waals surface area contributed by atoms with E-state index in [4.69, 9.17) is 0 Å². The third-order valence-electron chi connectivity index (χ3n) is 7.20. The molecule has 0 aromatic heterocycles. The molecule has 1 aliphatic heterocycles. The molecule has 41 heavy (non-hydrogen) atoms. The zero-order valence-electron chi connectivity index (χ0n) is 24.4. The van der Waals surface area contributed by atoms with E-state index in [1.807, 2.05) is 0 Å². The van der Waals surface area contributed by atoms with Crippen LogP contribution in [0.4, 0.5) is 0 Å². The highest BCUT2D eigenvalue weighted by molar-refractivity contribution is 5.97. The molecule has 2 rings (SSSR count). The van der Waals surface area contributed by atoms with E-state index in [-0.39, 0.29) is 56.4 Å². The van der Waals surface area contributed by atoms with Gasteiger partial charge in [0.15, 0.2) is 5.78 Å². The average molecular weight is 570 g/mol. The van der Waals surface area contributed by atoms with Crippen molar-refractivity contribution < 1.29 is 28.8 Å². The van der Waals surface area contributed by atoms with Crippen molar-refractivity contribution in [1.29, 1.82) is 0 Å². The van der Waals surface area contributed by atoms with E-state index in [1.165, 1.54) is 0 Å². The fourth-order valence-electron chi connectivity index (χ4n) is 4.46. The molecule has 0 spiro atoms. The van der Waals surface area contributed by atoms with Gasteiger partial charge >= 0.3 is 0 Å². The van der Waals surface area contributed by atoms with Crippen LogP contribution in [-0.2, 0) is 28.8 Å². The summed E-state index contributed by atoms with van der Waals surface area (Å²) in [6.45, 7) is 10.5. The molecule has 4 atom stereocenters. The lowest BCUT2D eigenvalue weighted by Gasteiger charge is -2.33. The number of nitrogens with one attached hydrogen (secondary N) is 5. The van der Waals surface area contributed by atoms with Gasteiger partial charge in [-0.25, -0.2) is 0 Å². The summed E-state index contributed by atoms with van der Waals surface area (Å²) in [4.78, 5) is 77.9. The molecule has 0 saturated carbocycles. The van der Waals surface area contributed by atoms with Crippen LogP contribution in [-0.4, -0.2) is 60.0 Å². The largest absolute Gasteiger partial charge is 0.354 e. The molecule has 11 heteroatoms. The van der Waals surface area contributed by atoms with Gasteiger partial charge in [-0.3, -0.25) is 28.8 Å². The van der Waals surface area contributed by atoms with Crippen LogP contribution in [0, 0.1) is 11.8 Å². The highest BCUT2D eigenvalue weighted by Crippen LogP contribution is 2.22. The lowest BCUT2D eigenvalue weighted by molar-refractivity contribution is -0.137. The van der Waals surface area contributed by atoms with Crippen molar-refractivity contribution in [2.45, 2.75) is 77.4 Å². The maximum atomic E-state index is 13.7. The Morgan fingerprint density at radius 2 is 1.76 bits per heavy atom. The van der Waals surface area contributed by atoms with Crippen molar-refractivity contribution in [3.05, 3.63) is 48.6 Å². The average Bonchev–Trinajstić information content (AvgIpc) is 2.95. The molecule has 224 valence electrons. The maximum absolute atomic E-state index is 13.7. The number of hydrogen-bond acceptors (Lipinski definition) is 6. The molecule has 5 N–H and O–H groups in total. The molecule has 1 unspecified atom stereocenters. The number of carbonyl (C=O) groups is 6. The van der Waals surface area contributed by atoms with E-state index in [0.29, 0.717) is 12.0 Å². The summed E-state index contributed by atoms with van der Waals surface area (Å²) in [5.41, 5.74) is -0.803. The van der Waals surface area contributed by atoms with Crippen molar-refractivity contribution in [3.8, 4) is 0 Å². The van der Waals surface area contributed by atoms with Crippen LogP contribution in [0.5, 0.6) is 0 Å². The van der Waals surface area contributed by atoms with E-state index in [0.717, 1.165) is 6.08 Å². The van der Waals surface area contributed by atoms with Gasteiger partial charge in [-0.2, -0.15) is 0 Å². The number of ketones is 1. The van der Waals surface area contributed by atoms with Gasteiger partial charge in [-0.05, 0) is 44.2 Å². The van der Waals surface area contributed by atoms with Gasteiger partial charge in [0.1, 0.15) is 12.1 Å². The molecule has 1 aromatic carbocycles. The van der Waals surface area contributed by atoms with Crippen LogP contribution in [0.25, 0.3) is 0 Å². The van der Waals surface area contributed by atoms with Gasteiger partial charge in [0.25, 0.3) is 0 Å². The maximum Gasteiger partial charge on any atom is 0.247 e. The minimum Gasteiger partial charge on any atom is -0.354 e. The van der Waals surface area contributed by atoms with Crippen LogP contribution < -0.4 is 26.6 Å². The fourth-order valence-corrected chi connectivity index (χ4v) is 4.46. The molecule has 1 saturated heterocycles. The van der Waals surface area contributed by atoms with E-state index in [2.05, 4.69) is 33.2 Å². The topological polar surface area (TPSA) is 163 Å². The van der Waals surface area contributed by atoms with Gasteiger partial charge in [0.2, 0.25) is 29.5 Å². The van der Waals surface area contributed by atoms with Crippen LogP contribution in [0.2, 0.25) is 0 Å². The van der Waals surface area contributed by atoms with Gasteiger partial charge in [-0.1, -0.05) is 57.7 Å². The van der Waals surface area contributed by atoms with Crippen LogP contribution in [0.3, 0.4) is 0 Å². The van der Waals surface area contributed by atoms with Crippen molar-refractivity contribution in [3.63, 3.8) is 0 Å². The van der Waals surface area contributed by atoms with E-state index in [1.54, 1.807) is 58.0 Å². The monoisotopic (exact) mass is 569 g/mol. The number of hydrogen-bond donors (Lipinski definition) is 5. The van der Waals surface area contributed by atoms with Gasteiger partial charge in [0, 0.05) is 31.3 Å². The first-order chi connectivity index (χ1) is 19.4. The number of Topliss-reactive ketones (excluding diaryl/α,β-unsaturated/α-hetero) is 1. The summed E-state index contributed by atoms with van der Waals surface area (Å²) in [6.07, 6.45) is 1.92. The Balaban J connectivity index is 2.43. The minimum atomic E-state index is -1.36. The molecule has 1 heterocycles. The summed E-state index contributed by atoms with van der Waals surface area (Å²) in [6, 6.07) is 6.73. The number of carbonyl (C=O) groups excluding carboxylic acids is 6. The van der Waals surface area contributed by atoms with E-state index in [9.17, 15) is 28.8 Å². The Kier molecular flexibility index (Phi) is 12.7. The van der Waals surface area contributed by atoms with Crippen LogP contribution in [0.15, 0.2) is 43.0 Å². The van der Waals surface area contributed by atoms with Crippen molar-refractivity contribution in [1.82, 2.24) is 26.6 Å². The summed E-state index contributed by atoms with van der Waals surface area (Å²) in [5, 5.41) is 13.8. The zero-order chi connectivity index (χ0) is 30.6. The predicted octanol–water partition coefficient (Wildman–Crippen LogP) is 1.45. The van der Waals surface area contributed by atoms with E-state index >= 15 is 0 Å². The molecule has 0 aliphatic carbocycles. The summed E-state index contributed by atoms with van der Waals surface area (Å²) >= 11 is 0. The van der Waals surface area contributed by atoms with Crippen LogP contribution >= 0.6 is 0 Å². The first kappa shape index (κ1) is 33.2. The molecule has 1 fully saturated rings. The van der Waals surface area contributed by atoms with Gasteiger partial charge in [-0.15, -0.1) is 0 Å². The molecule has 11 nitrogen and oxygen atoms in total. The molecule has 0 radical (unpaired) electrons. The Bertz CT molecular complexity index is 1120. The predicted molar refractivity (Wildman–Crippen MR) is 154 cm³/mol. The Morgan fingerprint density at radius 1 is 1.07 bits per heavy atom. The van der Waals surface area contributed by atoms with Crippen molar-refractivity contribution in [2.75, 3.05) is 13.1 Å². The van der Waals surface area contributed by atoms with Crippen molar-refractivity contribution in [2.24, 2.45) is 11.8 Å². The summed E-state index contributed by atoms with van der Waals surface area (Å²) in [7, 11) is 0. The highest BCUT2D eigenvalue weighted by Gasteiger charge is 2.38. The lowest BCUT2D eigenvalue weighted by atomic mass is 9.84. The second kappa shape index (κ2) is 15.7. The summed E-state index contributed by atoms with van der Waals surface area (Å²) in [5.74, 6) is -3.76. The van der Waals surface area contributed by atoms with Gasteiger partial charge in [0.05, 0.1) is 5.54 Å². The number of benzene rings is 1. The molecule has 0 bridgehead atoms. The Morgan fingerprint density at radius 3 is 2.37 bits per heavy atom. The standard InChI is InChI=1S/C30H43N5O6/c1-6-22-28(40)34-25(20-12-9-8-10-13-20)29(41)32-17-15-30(5,35-26(38)19(3)4)23(36)18-21(27(39)33-22)14-11-16-31-24(37)7-2/h7-10,12-13,19,21-22,25H,2,6,11,14-18H2,1,3-5H3,(H,31,37)(H,32,41)(H,33,39)(H,34,40)(H,35,38)/t21?,22-,25+,30+/m0/s1. The molecule has 1 aliphatic rings. The second-order valence-corrected chi connectivity index (χ2v) is 10.8. The third kappa shape index (κ3) is 9.84. The van der Waals surface area contributed by atoms with Gasteiger partial charge < -0.3 is 26.6 Å². The Hall–Kier alpha value is -4.02. The Labute approximate surface area is 241 Å². The zero-order valence-corrected chi connectivity index (χ0v) is 24.4. The molecular weight excluding hydrogens is 526 g/mol. The third-order valence-corrected chi connectivity index (χ3v) is 7.20. The normalized spacial score (nSPS) is 24.4. The van der Waals surface area contributed by atoms with Crippen LogP contribution in [0.1, 0.15) is 71.4 Å². The molecule has 5 amide bonds. The quantitative estimate of drug-likeness (QED) is 0.223. The smallest absolute Gasteiger partial charge is 0.247 e. The highest BCUT2D eigenvalue weighted by atomic mass is 16.2. The first-order valence-electron chi connectivity index (χ1n) is 14.1.